The van der Waals surface area contributed by atoms with Crippen LogP contribution in [-0.2, 0) is 12.6 Å². The number of aliphatic hydroxyl groups is 1. The van der Waals surface area contributed by atoms with E-state index in [1.54, 1.807) is 6.07 Å². The van der Waals surface area contributed by atoms with Gasteiger partial charge in [-0.05, 0) is 66.9 Å². The van der Waals surface area contributed by atoms with Gasteiger partial charge in [0.1, 0.15) is 0 Å². The van der Waals surface area contributed by atoms with Crippen molar-refractivity contribution in [2.45, 2.75) is 38.0 Å². The predicted octanol–water partition coefficient (Wildman–Crippen LogP) is 3.90. The van der Waals surface area contributed by atoms with Gasteiger partial charge in [0.25, 0.3) is 0 Å². The smallest absolute Gasteiger partial charge is 0.392 e. The van der Waals surface area contributed by atoms with Gasteiger partial charge in [-0.25, -0.2) is 0 Å². The Bertz CT molecular complexity index is 537. The summed E-state index contributed by atoms with van der Waals surface area (Å²) in [5.41, 5.74) is -0.0297. The highest BCUT2D eigenvalue weighted by molar-refractivity contribution is 5.27. The molecule has 0 saturated heterocycles. The fraction of sp³-hybridized carbons (Fsp3) is 0.647. The van der Waals surface area contributed by atoms with Crippen LogP contribution in [0.4, 0.5) is 13.2 Å². The van der Waals surface area contributed by atoms with E-state index in [9.17, 15) is 18.3 Å². The van der Waals surface area contributed by atoms with Crippen molar-refractivity contribution in [1.29, 1.82) is 0 Å². The number of rotatable bonds is 3. The van der Waals surface area contributed by atoms with Gasteiger partial charge in [-0.15, -0.1) is 0 Å². The van der Waals surface area contributed by atoms with Crippen LogP contribution in [0.25, 0.3) is 0 Å². The van der Waals surface area contributed by atoms with Gasteiger partial charge in [0.15, 0.2) is 0 Å². The molecule has 3 saturated carbocycles. The molecule has 3 aliphatic carbocycles. The van der Waals surface area contributed by atoms with Crippen molar-refractivity contribution < 1.29 is 18.3 Å². The summed E-state index contributed by atoms with van der Waals surface area (Å²) in [5, 5.41) is 10.4. The third kappa shape index (κ3) is 2.19. The van der Waals surface area contributed by atoms with Crippen molar-refractivity contribution in [3.8, 4) is 0 Å². The fourth-order valence-corrected chi connectivity index (χ4v) is 5.16. The molecule has 0 aromatic heterocycles. The van der Waals surface area contributed by atoms with Gasteiger partial charge in [-0.2, -0.15) is 13.2 Å². The van der Waals surface area contributed by atoms with Crippen LogP contribution in [0.2, 0.25) is 0 Å². The van der Waals surface area contributed by atoms with Crippen LogP contribution < -0.4 is 0 Å². The molecule has 3 fully saturated rings. The number of fused-ring (bicyclic) bond motifs is 5. The molecule has 1 aromatic rings. The monoisotopic (exact) mass is 296 g/mol. The molecule has 1 aromatic carbocycles. The highest BCUT2D eigenvalue weighted by Gasteiger charge is 2.66. The maximum Gasteiger partial charge on any atom is 0.416 e. The minimum absolute atomic E-state index is 0.339. The molecule has 0 aliphatic heterocycles. The largest absolute Gasteiger partial charge is 0.416 e. The number of halogens is 3. The van der Waals surface area contributed by atoms with Gasteiger partial charge in [0.05, 0.1) is 11.7 Å². The summed E-state index contributed by atoms with van der Waals surface area (Å²) in [7, 11) is 0. The average molecular weight is 296 g/mol. The van der Waals surface area contributed by atoms with Crippen molar-refractivity contribution in [1.82, 2.24) is 0 Å². The maximum atomic E-state index is 12.7. The summed E-state index contributed by atoms with van der Waals surface area (Å²) in [6.45, 7) is 0. The zero-order chi connectivity index (χ0) is 14.8. The molecule has 0 amide bonds. The standard InChI is InChI=1S/C17H19F3O/c18-17(19,20)12-3-1-2-9(6-12)7-13(21)16-14-10-4-5-11(8-10)15(14)16/h1-3,6,10-11,13-16,21H,4-5,7-8H2. The first-order valence-electron chi connectivity index (χ1n) is 7.79. The predicted molar refractivity (Wildman–Crippen MR) is 72.5 cm³/mol. The number of hydrogen-bond donors (Lipinski definition) is 1. The third-order valence-corrected chi connectivity index (χ3v) is 5.94. The van der Waals surface area contributed by atoms with E-state index in [1.807, 2.05) is 0 Å². The van der Waals surface area contributed by atoms with Crippen LogP contribution in [0.3, 0.4) is 0 Å². The quantitative estimate of drug-likeness (QED) is 0.897. The number of alkyl halides is 3. The highest BCUT2D eigenvalue weighted by Crippen LogP contribution is 2.70. The van der Waals surface area contributed by atoms with Crippen LogP contribution in [0.5, 0.6) is 0 Å². The van der Waals surface area contributed by atoms with Gasteiger partial charge < -0.3 is 5.11 Å². The molecule has 4 rings (SSSR count). The first-order valence-corrected chi connectivity index (χ1v) is 7.79. The Hall–Kier alpha value is -1.03. The summed E-state index contributed by atoms with van der Waals surface area (Å²) >= 11 is 0. The molecule has 114 valence electrons. The van der Waals surface area contributed by atoms with Crippen LogP contribution in [0, 0.1) is 29.6 Å². The molecular formula is C17H19F3O. The van der Waals surface area contributed by atoms with E-state index in [0.29, 0.717) is 29.7 Å². The van der Waals surface area contributed by atoms with Crippen molar-refractivity contribution >= 4 is 0 Å². The van der Waals surface area contributed by atoms with Crippen LogP contribution >= 0.6 is 0 Å². The molecule has 5 atom stereocenters. The summed E-state index contributed by atoms with van der Waals surface area (Å²) in [4.78, 5) is 0. The van der Waals surface area contributed by atoms with E-state index < -0.39 is 17.8 Å². The van der Waals surface area contributed by atoms with Gasteiger partial charge >= 0.3 is 6.18 Å². The minimum Gasteiger partial charge on any atom is -0.392 e. The molecule has 2 bridgehead atoms. The Balaban J connectivity index is 1.45. The van der Waals surface area contributed by atoms with E-state index in [1.165, 1.54) is 31.4 Å². The molecule has 1 nitrogen and oxygen atoms in total. The Kier molecular flexibility index (Phi) is 2.91. The second-order valence-corrected chi connectivity index (χ2v) is 7.03. The fourth-order valence-electron chi connectivity index (χ4n) is 5.16. The van der Waals surface area contributed by atoms with Gasteiger partial charge in [-0.1, -0.05) is 18.2 Å². The Labute approximate surface area is 122 Å². The third-order valence-electron chi connectivity index (χ3n) is 5.94. The van der Waals surface area contributed by atoms with E-state index >= 15 is 0 Å². The van der Waals surface area contributed by atoms with Crippen molar-refractivity contribution in [2.24, 2.45) is 29.6 Å². The Morgan fingerprint density at radius 1 is 1.14 bits per heavy atom. The summed E-state index contributed by atoms with van der Waals surface area (Å²) in [6, 6.07) is 5.38. The van der Waals surface area contributed by atoms with Crippen LogP contribution in [0.1, 0.15) is 30.4 Å². The zero-order valence-electron chi connectivity index (χ0n) is 11.7. The number of aliphatic hydroxyl groups excluding tert-OH is 1. The van der Waals surface area contributed by atoms with E-state index in [-0.39, 0.29) is 0 Å². The van der Waals surface area contributed by atoms with E-state index in [4.69, 9.17) is 0 Å². The van der Waals surface area contributed by atoms with Crippen molar-refractivity contribution in [2.75, 3.05) is 0 Å². The van der Waals surface area contributed by atoms with E-state index in [2.05, 4.69) is 0 Å². The van der Waals surface area contributed by atoms with E-state index in [0.717, 1.165) is 17.9 Å². The van der Waals surface area contributed by atoms with Crippen molar-refractivity contribution in [3.05, 3.63) is 35.4 Å². The van der Waals surface area contributed by atoms with Gasteiger partial charge in [0.2, 0.25) is 0 Å². The second kappa shape index (κ2) is 4.48. The lowest BCUT2D eigenvalue weighted by atomic mass is 9.95. The van der Waals surface area contributed by atoms with Crippen LogP contribution in [0.15, 0.2) is 24.3 Å². The molecule has 1 N–H and O–H groups in total. The zero-order valence-corrected chi connectivity index (χ0v) is 11.7. The summed E-state index contributed by atoms with van der Waals surface area (Å²) < 4.78 is 38.1. The van der Waals surface area contributed by atoms with Gasteiger partial charge in [-0.3, -0.25) is 0 Å². The normalized spacial score (nSPS) is 38.4. The topological polar surface area (TPSA) is 20.2 Å². The first-order chi connectivity index (χ1) is 9.95. The molecule has 3 aliphatic rings. The Morgan fingerprint density at radius 2 is 1.81 bits per heavy atom. The minimum atomic E-state index is -4.31. The second-order valence-electron chi connectivity index (χ2n) is 7.03. The molecule has 21 heavy (non-hydrogen) atoms. The van der Waals surface area contributed by atoms with Gasteiger partial charge in [0, 0.05) is 0 Å². The molecule has 0 spiro atoms. The van der Waals surface area contributed by atoms with Crippen molar-refractivity contribution in [3.63, 3.8) is 0 Å². The highest BCUT2D eigenvalue weighted by atomic mass is 19.4. The lowest BCUT2D eigenvalue weighted by Gasteiger charge is -2.16. The molecular weight excluding hydrogens is 277 g/mol. The molecule has 4 heteroatoms. The molecule has 0 radical (unpaired) electrons. The Morgan fingerprint density at radius 3 is 2.43 bits per heavy atom. The SMILES string of the molecule is OC(Cc1cccc(C(F)(F)F)c1)C1C2C3CCC(C3)C12. The first kappa shape index (κ1) is 13.6. The summed E-state index contributed by atoms with van der Waals surface area (Å²) in [6.07, 6.45) is -0.539. The van der Waals surface area contributed by atoms with Crippen LogP contribution in [-0.4, -0.2) is 11.2 Å². The average Bonchev–Trinajstić information content (AvgIpc) is 2.87. The number of benzene rings is 1. The lowest BCUT2D eigenvalue weighted by Crippen LogP contribution is -2.18. The lowest BCUT2D eigenvalue weighted by molar-refractivity contribution is -0.137. The number of hydrogen-bond acceptors (Lipinski definition) is 1. The molecule has 0 heterocycles. The molecule has 5 unspecified atom stereocenters. The maximum absolute atomic E-state index is 12.7. The summed E-state index contributed by atoms with van der Waals surface area (Å²) in [5.74, 6) is 3.21.